The first-order valence-corrected chi connectivity index (χ1v) is 10.7. The lowest BCUT2D eigenvalue weighted by molar-refractivity contribution is -0.120. The molecule has 0 radical (unpaired) electrons. The van der Waals surface area contributed by atoms with Gasteiger partial charge in [0.2, 0.25) is 5.91 Å². The summed E-state index contributed by atoms with van der Waals surface area (Å²) in [4.78, 5) is 42.0. The van der Waals surface area contributed by atoms with Gasteiger partial charge in [-0.2, -0.15) is 0 Å². The number of imidazole rings is 1. The lowest BCUT2D eigenvalue weighted by Gasteiger charge is -2.33. The number of piperazine rings is 2. The van der Waals surface area contributed by atoms with Crippen LogP contribution in [0.15, 0.2) is 30.7 Å². The van der Waals surface area contributed by atoms with Crippen LogP contribution in [0.2, 0.25) is 0 Å². The van der Waals surface area contributed by atoms with Gasteiger partial charge < -0.3 is 30.2 Å². The summed E-state index contributed by atoms with van der Waals surface area (Å²) in [5.74, 6) is 1.31. The number of fused-ring (bicyclic) bond motifs is 1. The fraction of sp³-hybridized carbons (Fsp3) is 0.381. The number of aromatic nitrogens is 4. The molecule has 0 spiro atoms. The van der Waals surface area contributed by atoms with Gasteiger partial charge >= 0.3 is 6.09 Å². The first-order chi connectivity index (χ1) is 16.0. The minimum Gasteiger partial charge on any atom is -0.465 e. The Balaban J connectivity index is 1.44. The van der Waals surface area contributed by atoms with Crippen molar-refractivity contribution in [1.29, 1.82) is 0 Å². The predicted octanol–water partition coefficient (Wildman–Crippen LogP) is 0.0198. The number of anilines is 2. The van der Waals surface area contributed by atoms with Crippen molar-refractivity contribution in [2.75, 3.05) is 55.6 Å². The highest BCUT2D eigenvalue weighted by molar-refractivity contribution is 5.84. The number of carbonyl (C=O) groups excluding carboxylic acids is 1. The lowest BCUT2D eigenvalue weighted by atomic mass is 10.2. The van der Waals surface area contributed by atoms with Crippen molar-refractivity contribution in [1.82, 2.24) is 29.6 Å². The number of hydrogen-bond acceptors (Lipinski definition) is 8. The zero-order valence-corrected chi connectivity index (χ0v) is 17.9. The summed E-state index contributed by atoms with van der Waals surface area (Å²) in [6.07, 6.45) is 4.34. The minimum absolute atomic E-state index is 0.0665. The molecule has 0 aromatic carbocycles. The molecule has 2 saturated heterocycles. The molecule has 172 valence electrons. The molecule has 0 atom stereocenters. The summed E-state index contributed by atoms with van der Waals surface area (Å²) in [6.45, 7) is 3.22. The van der Waals surface area contributed by atoms with Crippen LogP contribution in [0.25, 0.3) is 16.9 Å². The number of carboxylic acid groups (broad SMARTS) is 1. The molecule has 2 fully saturated rings. The average Bonchev–Trinajstić information content (AvgIpc) is 3.28. The molecule has 2 aliphatic heterocycles. The number of pyridine rings is 1. The molecule has 0 bridgehead atoms. The van der Waals surface area contributed by atoms with Crippen molar-refractivity contribution < 1.29 is 19.8 Å². The zero-order chi connectivity index (χ0) is 22.9. The van der Waals surface area contributed by atoms with E-state index in [1.165, 1.54) is 4.90 Å². The Bertz CT molecular complexity index is 1190. The molecule has 0 unspecified atom stereocenters. The second kappa shape index (κ2) is 8.54. The van der Waals surface area contributed by atoms with Gasteiger partial charge in [-0.05, 0) is 12.1 Å². The molecule has 3 N–H and O–H groups in total. The van der Waals surface area contributed by atoms with E-state index in [1.54, 1.807) is 18.6 Å². The van der Waals surface area contributed by atoms with E-state index in [1.807, 2.05) is 21.4 Å². The fourth-order valence-corrected chi connectivity index (χ4v) is 4.20. The van der Waals surface area contributed by atoms with E-state index in [0.717, 1.165) is 17.1 Å². The third kappa shape index (κ3) is 4.00. The molecular weight excluding hydrogens is 428 g/mol. The Hall–Kier alpha value is -3.93. The van der Waals surface area contributed by atoms with Crippen LogP contribution in [0, 0.1) is 0 Å². The van der Waals surface area contributed by atoms with Gasteiger partial charge in [-0.25, -0.2) is 19.7 Å². The molecule has 12 heteroatoms. The maximum Gasteiger partial charge on any atom is 0.407 e. The molecular formula is C21H24N8O4. The van der Waals surface area contributed by atoms with Gasteiger partial charge in [0.25, 0.3) is 0 Å². The van der Waals surface area contributed by atoms with E-state index in [-0.39, 0.29) is 19.1 Å². The molecule has 5 rings (SSSR count). The number of nitrogens with one attached hydrogen (secondary N) is 1. The first kappa shape index (κ1) is 20.9. The van der Waals surface area contributed by atoms with Crippen molar-refractivity contribution in [3.05, 3.63) is 36.4 Å². The maximum absolute atomic E-state index is 11.9. The van der Waals surface area contributed by atoms with Crippen molar-refractivity contribution in [2.24, 2.45) is 0 Å². The van der Waals surface area contributed by atoms with E-state index in [2.05, 4.69) is 25.2 Å². The Labute approximate surface area is 189 Å². The first-order valence-electron chi connectivity index (χ1n) is 10.7. The molecule has 2 aliphatic rings. The SMILES string of the molecule is O=C1CN(c2ncc(-c3ccc(N4CCN(C(=O)O)CC4)nc3)n3cc(CO)nc23)CCN1. The second-order valence-electron chi connectivity index (χ2n) is 7.98. The molecule has 0 saturated carbocycles. The van der Waals surface area contributed by atoms with Gasteiger partial charge in [-0.1, -0.05) is 0 Å². The van der Waals surface area contributed by atoms with Crippen molar-refractivity contribution in [2.45, 2.75) is 6.61 Å². The molecule has 12 nitrogen and oxygen atoms in total. The molecule has 0 aliphatic carbocycles. The highest BCUT2D eigenvalue weighted by atomic mass is 16.4. The van der Waals surface area contributed by atoms with Crippen LogP contribution in [-0.2, 0) is 11.4 Å². The Kier molecular flexibility index (Phi) is 5.42. The summed E-state index contributed by atoms with van der Waals surface area (Å²) in [5.41, 5.74) is 2.66. The average molecular weight is 452 g/mol. The quantitative estimate of drug-likeness (QED) is 0.500. The number of amides is 2. The van der Waals surface area contributed by atoms with Crippen LogP contribution >= 0.6 is 0 Å². The van der Waals surface area contributed by atoms with E-state index < -0.39 is 6.09 Å². The molecule has 2 amide bonds. The van der Waals surface area contributed by atoms with Crippen molar-refractivity contribution in [3.63, 3.8) is 0 Å². The Morgan fingerprint density at radius 1 is 1.06 bits per heavy atom. The van der Waals surface area contributed by atoms with Crippen LogP contribution in [0.1, 0.15) is 5.69 Å². The van der Waals surface area contributed by atoms with E-state index in [0.29, 0.717) is 56.4 Å². The van der Waals surface area contributed by atoms with E-state index in [4.69, 9.17) is 5.11 Å². The van der Waals surface area contributed by atoms with Gasteiger partial charge in [-0.15, -0.1) is 0 Å². The maximum atomic E-state index is 11.9. The van der Waals surface area contributed by atoms with Gasteiger partial charge in [0.1, 0.15) is 5.82 Å². The topological polar surface area (TPSA) is 139 Å². The third-order valence-corrected chi connectivity index (χ3v) is 5.94. The van der Waals surface area contributed by atoms with Crippen LogP contribution in [0.4, 0.5) is 16.4 Å². The highest BCUT2D eigenvalue weighted by Gasteiger charge is 2.23. The Morgan fingerprint density at radius 3 is 2.55 bits per heavy atom. The number of nitrogens with zero attached hydrogens (tertiary/aromatic N) is 7. The normalized spacial score (nSPS) is 16.9. The number of aliphatic hydroxyl groups is 1. The predicted molar refractivity (Wildman–Crippen MR) is 119 cm³/mol. The minimum atomic E-state index is -0.898. The molecule has 3 aromatic rings. The standard InChI is InChI=1S/C21H24N8O4/c30-13-15-11-29-16(10-24-19(20(29)25-15)28-4-3-22-18(31)12-28)14-1-2-17(23-9-14)26-5-7-27(8-6-26)21(32)33/h1-2,9-11,30H,3-8,12-13H2,(H,22,31)(H,32,33). The van der Waals surface area contributed by atoms with Crippen LogP contribution in [0.5, 0.6) is 0 Å². The number of aliphatic hydroxyl groups excluding tert-OH is 1. The van der Waals surface area contributed by atoms with Crippen LogP contribution in [-0.4, -0.2) is 92.3 Å². The van der Waals surface area contributed by atoms with Crippen LogP contribution < -0.4 is 15.1 Å². The van der Waals surface area contributed by atoms with Crippen molar-refractivity contribution in [3.8, 4) is 11.3 Å². The van der Waals surface area contributed by atoms with Gasteiger partial charge in [-0.3, -0.25) is 9.20 Å². The number of rotatable bonds is 4. The third-order valence-electron chi connectivity index (χ3n) is 5.94. The largest absolute Gasteiger partial charge is 0.465 e. The monoisotopic (exact) mass is 452 g/mol. The summed E-state index contributed by atoms with van der Waals surface area (Å²) >= 11 is 0. The molecule has 5 heterocycles. The molecule has 3 aromatic heterocycles. The smallest absolute Gasteiger partial charge is 0.407 e. The Morgan fingerprint density at radius 2 is 1.88 bits per heavy atom. The fourth-order valence-electron chi connectivity index (χ4n) is 4.20. The van der Waals surface area contributed by atoms with Crippen LogP contribution in [0.3, 0.4) is 0 Å². The summed E-state index contributed by atoms with van der Waals surface area (Å²) in [5, 5.41) is 21.6. The molecule has 33 heavy (non-hydrogen) atoms. The second-order valence-corrected chi connectivity index (χ2v) is 7.98. The van der Waals surface area contributed by atoms with Gasteiger partial charge in [0.15, 0.2) is 11.5 Å². The van der Waals surface area contributed by atoms with Gasteiger partial charge in [0, 0.05) is 57.2 Å². The summed E-state index contributed by atoms with van der Waals surface area (Å²) in [7, 11) is 0. The van der Waals surface area contributed by atoms with E-state index in [9.17, 15) is 14.7 Å². The number of hydrogen-bond donors (Lipinski definition) is 3. The number of carbonyl (C=O) groups is 2. The van der Waals surface area contributed by atoms with Crippen molar-refractivity contribution >= 4 is 29.3 Å². The van der Waals surface area contributed by atoms with E-state index >= 15 is 0 Å². The summed E-state index contributed by atoms with van der Waals surface area (Å²) in [6, 6.07) is 3.85. The highest BCUT2D eigenvalue weighted by Crippen LogP contribution is 2.27. The van der Waals surface area contributed by atoms with Gasteiger partial charge in [0.05, 0.1) is 30.7 Å². The summed E-state index contributed by atoms with van der Waals surface area (Å²) < 4.78 is 1.86. The lowest BCUT2D eigenvalue weighted by Crippen LogP contribution is -2.48. The zero-order valence-electron chi connectivity index (χ0n) is 17.9.